The number of hydrogen-bond acceptors (Lipinski definition) is 5. The number of hydrogen-bond donors (Lipinski definition) is 2. The first-order valence-electron chi connectivity index (χ1n) is 6.68. The van der Waals surface area contributed by atoms with Gasteiger partial charge in [0.15, 0.2) is 0 Å². The molecular weight excluding hydrogens is 258 g/mol. The zero-order valence-corrected chi connectivity index (χ0v) is 12.5. The largest absolute Gasteiger partial charge is 0.371 e. The lowest BCUT2D eigenvalue weighted by atomic mass is 9.93. The van der Waals surface area contributed by atoms with Crippen molar-refractivity contribution in [3.05, 3.63) is 22.6 Å². The minimum absolute atomic E-state index is 0.174. The van der Waals surface area contributed by atoms with E-state index in [2.05, 4.69) is 10.5 Å². The monoisotopic (exact) mass is 281 g/mol. The summed E-state index contributed by atoms with van der Waals surface area (Å²) in [6.45, 7) is 9.25. The summed E-state index contributed by atoms with van der Waals surface area (Å²) < 4.78 is 1.28. The molecule has 0 aliphatic heterocycles. The van der Waals surface area contributed by atoms with Crippen LogP contribution in [0, 0.1) is 5.41 Å². The second-order valence-corrected chi connectivity index (χ2v) is 5.24. The van der Waals surface area contributed by atoms with Crippen LogP contribution in [0.3, 0.4) is 0 Å². The standard InChI is InChI=1S/C13H23N5O2/c1-5-17(6-2)10-7-11(19)18(15-8-10)9-13(3,4)12(20)16-14/h7-8H,5-6,9,14H2,1-4H3,(H,16,20). The number of amides is 1. The van der Waals surface area contributed by atoms with Crippen LogP contribution in [-0.4, -0.2) is 28.8 Å². The van der Waals surface area contributed by atoms with Crippen molar-refractivity contribution in [2.75, 3.05) is 18.0 Å². The van der Waals surface area contributed by atoms with Gasteiger partial charge in [0.05, 0.1) is 23.8 Å². The summed E-state index contributed by atoms with van der Waals surface area (Å²) in [5.41, 5.74) is 1.86. The normalized spacial score (nSPS) is 11.2. The first-order valence-corrected chi connectivity index (χ1v) is 6.68. The molecule has 1 amide bonds. The van der Waals surface area contributed by atoms with Crippen molar-refractivity contribution in [1.82, 2.24) is 15.2 Å². The fourth-order valence-corrected chi connectivity index (χ4v) is 1.95. The summed E-state index contributed by atoms with van der Waals surface area (Å²) in [6.07, 6.45) is 1.64. The Bertz CT molecular complexity index is 520. The van der Waals surface area contributed by atoms with Crippen LogP contribution in [0.1, 0.15) is 27.7 Å². The average molecular weight is 281 g/mol. The van der Waals surface area contributed by atoms with Gasteiger partial charge in [0, 0.05) is 19.2 Å². The maximum atomic E-state index is 12.1. The molecule has 0 bridgehead atoms. The summed E-state index contributed by atoms with van der Waals surface area (Å²) in [5.74, 6) is 4.80. The first-order chi connectivity index (χ1) is 9.35. The van der Waals surface area contributed by atoms with Gasteiger partial charge in [0.1, 0.15) is 0 Å². The highest BCUT2D eigenvalue weighted by Gasteiger charge is 2.28. The van der Waals surface area contributed by atoms with E-state index in [0.717, 1.165) is 18.8 Å². The number of hydrazine groups is 1. The summed E-state index contributed by atoms with van der Waals surface area (Å²) in [5, 5.41) is 4.14. The quantitative estimate of drug-likeness (QED) is 0.438. The molecule has 0 radical (unpaired) electrons. The fourth-order valence-electron chi connectivity index (χ4n) is 1.95. The van der Waals surface area contributed by atoms with Crippen LogP contribution in [0.4, 0.5) is 5.69 Å². The van der Waals surface area contributed by atoms with E-state index in [1.165, 1.54) is 10.7 Å². The number of anilines is 1. The molecule has 1 heterocycles. The molecule has 0 aliphatic rings. The second-order valence-electron chi connectivity index (χ2n) is 5.24. The van der Waals surface area contributed by atoms with Crippen molar-refractivity contribution < 1.29 is 4.79 Å². The molecule has 7 nitrogen and oxygen atoms in total. The van der Waals surface area contributed by atoms with Gasteiger partial charge in [-0.05, 0) is 27.7 Å². The minimum atomic E-state index is -0.803. The number of nitrogens with one attached hydrogen (secondary N) is 1. The van der Waals surface area contributed by atoms with E-state index in [-0.39, 0.29) is 18.0 Å². The van der Waals surface area contributed by atoms with E-state index in [4.69, 9.17) is 5.84 Å². The Morgan fingerprint density at radius 2 is 2.05 bits per heavy atom. The summed E-state index contributed by atoms with van der Waals surface area (Å²) in [4.78, 5) is 25.7. The lowest BCUT2D eigenvalue weighted by Gasteiger charge is -2.24. The number of aromatic nitrogens is 2. The summed E-state index contributed by atoms with van der Waals surface area (Å²) in [6, 6.07) is 1.54. The molecule has 3 N–H and O–H groups in total. The fraction of sp³-hybridized carbons (Fsp3) is 0.615. The molecule has 1 rings (SSSR count). The van der Waals surface area contributed by atoms with Crippen LogP contribution >= 0.6 is 0 Å². The zero-order chi connectivity index (χ0) is 15.3. The Morgan fingerprint density at radius 3 is 2.50 bits per heavy atom. The van der Waals surface area contributed by atoms with Crippen LogP contribution in [0.2, 0.25) is 0 Å². The third-order valence-electron chi connectivity index (χ3n) is 3.27. The zero-order valence-electron chi connectivity index (χ0n) is 12.5. The Balaban J connectivity index is 3.00. The smallest absolute Gasteiger partial charge is 0.268 e. The van der Waals surface area contributed by atoms with Gasteiger partial charge in [-0.1, -0.05) is 0 Å². The predicted molar refractivity (Wildman–Crippen MR) is 78.2 cm³/mol. The molecule has 0 unspecified atom stereocenters. The summed E-state index contributed by atoms with van der Waals surface area (Å²) in [7, 11) is 0. The van der Waals surface area contributed by atoms with Crippen molar-refractivity contribution in [2.24, 2.45) is 11.3 Å². The third-order valence-corrected chi connectivity index (χ3v) is 3.27. The van der Waals surface area contributed by atoms with Gasteiger partial charge in [-0.15, -0.1) is 0 Å². The Labute approximate surface area is 118 Å². The van der Waals surface area contributed by atoms with Crippen molar-refractivity contribution in [2.45, 2.75) is 34.2 Å². The molecule has 0 saturated heterocycles. The number of rotatable bonds is 6. The van der Waals surface area contributed by atoms with Crippen LogP contribution in [0.25, 0.3) is 0 Å². The molecule has 0 aromatic carbocycles. The molecule has 0 fully saturated rings. The van der Waals surface area contributed by atoms with E-state index in [0.29, 0.717) is 0 Å². The van der Waals surface area contributed by atoms with Gasteiger partial charge >= 0.3 is 0 Å². The highest BCUT2D eigenvalue weighted by Crippen LogP contribution is 2.17. The van der Waals surface area contributed by atoms with Crippen LogP contribution in [0.15, 0.2) is 17.1 Å². The van der Waals surface area contributed by atoms with Gasteiger partial charge in [0.2, 0.25) is 5.91 Å². The average Bonchev–Trinajstić information content (AvgIpc) is 2.42. The number of carbonyl (C=O) groups excluding carboxylic acids is 1. The lowest BCUT2D eigenvalue weighted by Crippen LogP contribution is -2.45. The minimum Gasteiger partial charge on any atom is -0.371 e. The Kier molecular flexibility index (Phi) is 5.26. The highest BCUT2D eigenvalue weighted by molar-refractivity contribution is 5.81. The Hall–Kier alpha value is -1.89. The molecule has 0 atom stereocenters. The maximum Gasteiger partial charge on any atom is 0.268 e. The molecule has 7 heteroatoms. The first kappa shape index (κ1) is 16.2. The molecule has 0 saturated carbocycles. The van der Waals surface area contributed by atoms with Crippen molar-refractivity contribution in [3.8, 4) is 0 Å². The highest BCUT2D eigenvalue weighted by atomic mass is 16.2. The van der Waals surface area contributed by atoms with E-state index in [1.807, 2.05) is 18.7 Å². The SMILES string of the molecule is CCN(CC)c1cnn(CC(C)(C)C(=O)NN)c(=O)c1. The van der Waals surface area contributed by atoms with Crippen LogP contribution < -0.4 is 21.7 Å². The molecular formula is C13H23N5O2. The van der Waals surface area contributed by atoms with Gasteiger partial charge in [-0.25, -0.2) is 10.5 Å². The van der Waals surface area contributed by atoms with Crippen molar-refractivity contribution in [1.29, 1.82) is 0 Å². The van der Waals surface area contributed by atoms with E-state index < -0.39 is 5.41 Å². The molecule has 20 heavy (non-hydrogen) atoms. The number of nitrogens with two attached hydrogens (primary N) is 1. The van der Waals surface area contributed by atoms with Crippen molar-refractivity contribution >= 4 is 11.6 Å². The van der Waals surface area contributed by atoms with Crippen LogP contribution in [0.5, 0.6) is 0 Å². The van der Waals surface area contributed by atoms with E-state index >= 15 is 0 Å². The predicted octanol–water partition coefficient (Wildman–Crippen LogP) is 0.106. The van der Waals surface area contributed by atoms with Crippen molar-refractivity contribution in [3.63, 3.8) is 0 Å². The molecule has 112 valence electrons. The van der Waals surface area contributed by atoms with Gasteiger partial charge in [-0.2, -0.15) is 5.10 Å². The van der Waals surface area contributed by atoms with Gasteiger partial charge < -0.3 is 4.90 Å². The number of carbonyl (C=O) groups is 1. The number of nitrogens with zero attached hydrogens (tertiary/aromatic N) is 3. The molecule has 0 aliphatic carbocycles. The molecule has 1 aromatic rings. The van der Waals surface area contributed by atoms with Gasteiger partial charge in [0.25, 0.3) is 5.56 Å². The summed E-state index contributed by atoms with van der Waals surface area (Å²) >= 11 is 0. The lowest BCUT2D eigenvalue weighted by molar-refractivity contribution is -0.130. The molecule has 1 aromatic heterocycles. The van der Waals surface area contributed by atoms with Crippen LogP contribution in [-0.2, 0) is 11.3 Å². The Morgan fingerprint density at radius 1 is 1.45 bits per heavy atom. The van der Waals surface area contributed by atoms with E-state index in [1.54, 1.807) is 20.0 Å². The second kappa shape index (κ2) is 6.51. The van der Waals surface area contributed by atoms with Gasteiger partial charge in [-0.3, -0.25) is 15.0 Å². The van der Waals surface area contributed by atoms with E-state index in [9.17, 15) is 9.59 Å². The third kappa shape index (κ3) is 3.57. The molecule has 0 spiro atoms. The topological polar surface area (TPSA) is 93.2 Å². The maximum absolute atomic E-state index is 12.1.